The summed E-state index contributed by atoms with van der Waals surface area (Å²) >= 11 is 0. The molecule has 0 amide bonds. The fraction of sp³-hybridized carbons (Fsp3) is 0.471. The molecule has 0 aromatic carbocycles. The van der Waals surface area contributed by atoms with Gasteiger partial charge in [0, 0.05) is 50.8 Å². The highest BCUT2D eigenvalue weighted by molar-refractivity contribution is 5.44. The van der Waals surface area contributed by atoms with Crippen molar-refractivity contribution in [3.63, 3.8) is 0 Å². The largest absolute Gasteiger partial charge is 0.467 e. The molecule has 6 heteroatoms. The fourth-order valence-electron chi connectivity index (χ4n) is 2.78. The summed E-state index contributed by atoms with van der Waals surface area (Å²) in [5.74, 6) is 0.781. The Morgan fingerprint density at radius 3 is 2.65 bits per heavy atom. The normalized spacial score (nSPS) is 17.3. The molecule has 1 unspecified atom stereocenters. The minimum Gasteiger partial charge on any atom is -0.467 e. The van der Waals surface area contributed by atoms with Gasteiger partial charge in [0.1, 0.15) is 12.4 Å². The third kappa shape index (κ3) is 4.79. The SMILES string of the molecule is OC(COCc1ccco1)CN1CCN(c2ccncc2)CC1. The summed E-state index contributed by atoms with van der Waals surface area (Å²) in [6, 6.07) is 7.77. The lowest BCUT2D eigenvalue weighted by Crippen LogP contribution is -2.49. The van der Waals surface area contributed by atoms with Gasteiger partial charge in [-0.2, -0.15) is 0 Å². The molecule has 6 nitrogen and oxygen atoms in total. The van der Waals surface area contributed by atoms with E-state index in [1.54, 1.807) is 6.26 Å². The molecular formula is C17H23N3O3. The Morgan fingerprint density at radius 2 is 1.96 bits per heavy atom. The maximum atomic E-state index is 10.1. The second-order valence-electron chi connectivity index (χ2n) is 5.74. The van der Waals surface area contributed by atoms with E-state index in [4.69, 9.17) is 9.15 Å². The third-order valence-corrected chi connectivity index (χ3v) is 4.00. The van der Waals surface area contributed by atoms with Crippen LogP contribution in [0.1, 0.15) is 5.76 Å². The van der Waals surface area contributed by atoms with Gasteiger partial charge in [-0.15, -0.1) is 0 Å². The molecule has 1 atom stereocenters. The summed E-state index contributed by atoms with van der Waals surface area (Å²) in [7, 11) is 0. The van der Waals surface area contributed by atoms with Gasteiger partial charge in [-0.05, 0) is 24.3 Å². The standard InChI is InChI=1S/C17H23N3O3/c21-16(13-22-14-17-2-1-11-23-17)12-19-7-9-20(10-8-19)15-3-5-18-6-4-15/h1-6,11,16,21H,7-10,12-14H2. The van der Waals surface area contributed by atoms with Crippen LogP contribution in [0.5, 0.6) is 0 Å². The zero-order chi connectivity index (χ0) is 15.9. The predicted octanol–water partition coefficient (Wildman–Crippen LogP) is 1.37. The second-order valence-corrected chi connectivity index (χ2v) is 5.74. The summed E-state index contributed by atoms with van der Waals surface area (Å²) in [5, 5.41) is 10.1. The van der Waals surface area contributed by atoms with Crippen LogP contribution in [-0.2, 0) is 11.3 Å². The number of aromatic nitrogens is 1. The highest BCUT2D eigenvalue weighted by Gasteiger charge is 2.19. The van der Waals surface area contributed by atoms with E-state index in [0.29, 0.717) is 19.8 Å². The molecule has 1 N–H and O–H groups in total. The number of rotatable bonds is 7. The van der Waals surface area contributed by atoms with Crippen molar-refractivity contribution >= 4 is 5.69 Å². The Morgan fingerprint density at radius 1 is 1.17 bits per heavy atom. The van der Waals surface area contributed by atoms with Crippen LogP contribution in [0, 0.1) is 0 Å². The number of nitrogens with zero attached hydrogens (tertiary/aromatic N) is 3. The molecule has 0 aliphatic carbocycles. The first-order valence-electron chi connectivity index (χ1n) is 7.97. The monoisotopic (exact) mass is 317 g/mol. The molecule has 2 aromatic rings. The second kappa shape index (κ2) is 8.10. The third-order valence-electron chi connectivity index (χ3n) is 4.00. The summed E-state index contributed by atoms with van der Waals surface area (Å²) in [6.07, 6.45) is 4.79. The predicted molar refractivity (Wildman–Crippen MR) is 87.3 cm³/mol. The topological polar surface area (TPSA) is 62.0 Å². The Kier molecular flexibility index (Phi) is 5.63. The number of ether oxygens (including phenoxy) is 1. The van der Waals surface area contributed by atoms with Gasteiger partial charge in [0.2, 0.25) is 0 Å². The maximum Gasteiger partial charge on any atom is 0.129 e. The zero-order valence-electron chi connectivity index (χ0n) is 13.2. The Bertz CT molecular complexity index is 554. The first kappa shape index (κ1) is 16.0. The molecule has 124 valence electrons. The molecule has 3 rings (SSSR count). The minimum absolute atomic E-state index is 0.325. The highest BCUT2D eigenvalue weighted by Crippen LogP contribution is 2.14. The lowest BCUT2D eigenvalue weighted by atomic mass is 10.2. The molecule has 1 aliphatic heterocycles. The Labute approximate surface area is 136 Å². The summed E-state index contributed by atoms with van der Waals surface area (Å²) in [4.78, 5) is 8.67. The van der Waals surface area contributed by atoms with E-state index in [0.717, 1.165) is 31.9 Å². The van der Waals surface area contributed by atoms with Crippen molar-refractivity contribution in [2.45, 2.75) is 12.7 Å². The van der Waals surface area contributed by atoms with Crippen LogP contribution in [0.25, 0.3) is 0 Å². The molecule has 0 radical (unpaired) electrons. The van der Waals surface area contributed by atoms with Crippen LogP contribution in [0.15, 0.2) is 47.3 Å². The quantitative estimate of drug-likeness (QED) is 0.832. The average molecular weight is 317 g/mol. The van der Waals surface area contributed by atoms with Crippen molar-refractivity contribution < 1.29 is 14.3 Å². The van der Waals surface area contributed by atoms with Crippen molar-refractivity contribution in [2.75, 3.05) is 44.2 Å². The van der Waals surface area contributed by atoms with E-state index in [1.165, 1.54) is 5.69 Å². The Balaban J connectivity index is 1.35. The zero-order valence-corrected chi connectivity index (χ0v) is 13.2. The molecule has 1 fully saturated rings. The van der Waals surface area contributed by atoms with E-state index in [9.17, 15) is 5.11 Å². The molecule has 23 heavy (non-hydrogen) atoms. The maximum absolute atomic E-state index is 10.1. The van der Waals surface area contributed by atoms with Gasteiger partial charge in [0.15, 0.2) is 0 Å². The van der Waals surface area contributed by atoms with Crippen LogP contribution in [-0.4, -0.2) is 60.4 Å². The van der Waals surface area contributed by atoms with E-state index < -0.39 is 6.10 Å². The van der Waals surface area contributed by atoms with Gasteiger partial charge >= 0.3 is 0 Å². The molecule has 1 aliphatic rings. The summed E-state index contributed by atoms with van der Waals surface area (Å²) in [5.41, 5.74) is 1.21. The van der Waals surface area contributed by atoms with Crippen molar-refractivity contribution in [1.82, 2.24) is 9.88 Å². The van der Waals surface area contributed by atoms with Crippen LogP contribution in [0.4, 0.5) is 5.69 Å². The number of hydrogen-bond acceptors (Lipinski definition) is 6. The highest BCUT2D eigenvalue weighted by atomic mass is 16.5. The first-order chi connectivity index (χ1) is 11.3. The van der Waals surface area contributed by atoms with Crippen LogP contribution >= 0.6 is 0 Å². The van der Waals surface area contributed by atoms with Crippen molar-refractivity contribution in [2.24, 2.45) is 0 Å². The Hall–Kier alpha value is -1.89. The number of piperazine rings is 1. The number of hydrogen-bond donors (Lipinski definition) is 1. The van der Waals surface area contributed by atoms with E-state index in [2.05, 4.69) is 14.8 Å². The van der Waals surface area contributed by atoms with Crippen molar-refractivity contribution in [3.05, 3.63) is 48.7 Å². The molecular weight excluding hydrogens is 294 g/mol. The minimum atomic E-state index is -0.475. The number of furan rings is 1. The molecule has 1 saturated heterocycles. The molecule has 0 saturated carbocycles. The van der Waals surface area contributed by atoms with Gasteiger partial charge in [-0.3, -0.25) is 9.88 Å². The van der Waals surface area contributed by atoms with Gasteiger partial charge < -0.3 is 19.2 Å². The molecule has 3 heterocycles. The first-order valence-corrected chi connectivity index (χ1v) is 7.97. The molecule has 0 bridgehead atoms. The smallest absolute Gasteiger partial charge is 0.129 e. The number of aliphatic hydroxyl groups is 1. The fourth-order valence-corrected chi connectivity index (χ4v) is 2.78. The number of β-amino-alcohol motifs (C(OH)–C–C–N with tert-alkyl or cyclic N) is 1. The number of anilines is 1. The van der Waals surface area contributed by atoms with Gasteiger partial charge in [-0.1, -0.05) is 0 Å². The van der Waals surface area contributed by atoms with E-state index >= 15 is 0 Å². The van der Waals surface area contributed by atoms with Crippen LogP contribution < -0.4 is 4.90 Å². The van der Waals surface area contributed by atoms with Gasteiger partial charge in [-0.25, -0.2) is 0 Å². The summed E-state index contributed by atoms with van der Waals surface area (Å²) in [6.45, 7) is 5.18. The molecule has 2 aromatic heterocycles. The van der Waals surface area contributed by atoms with Crippen LogP contribution in [0.2, 0.25) is 0 Å². The molecule has 0 spiro atoms. The summed E-state index contributed by atoms with van der Waals surface area (Å²) < 4.78 is 10.7. The van der Waals surface area contributed by atoms with Crippen LogP contribution in [0.3, 0.4) is 0 Å². The lowest BCUT2D eigenvalue weighted by Gasteiger charge is -2.36. The number of aliphatic hydroxyl groups excluding tert-OH is 1. The van der Waals surface area contributed by atoms with E-state index in [1.807, 2.05) is 36.7 Å². The number of pyridine rings is 1. The van der Waals surface area contributed by atoms with Gasteiger partial charge in [0.05, 0.1) is 19.0 Å². The van der Waals surface area contributed by atoms with Crippen molar-refractivity contribution in [1.29, 1.82) is 0 Å². The van der Waals surface area contributed by atoms with E-state index in [-0.39, 0.29) is 0 Å². The average Bonchev–Trinajstić information content (AvgIpc) is 3.10. The van der Waals surface area contributed by atoms with Gasteiger partial charge in [0.25, 0.3) is 0 Å². The lowest BCUT2D eigenvalue weighted by molar-refractivity contribution is 0.00442. The van der Waals surface area contributed by atoms with Crippen molar-refractivity contribution in [3.8, 4) is 0 Å².